The molecule has 19 heteroatoms. The largest absolute Gasteiger partial charge is 0.472 e. The quantitative estimate of drug-likeness (QED) is 0.0222. The van der Waals surface area contributed by atoms with Gasteiger partial charge in [0.15, 0.2) is 12.2 Å². The normalized spacial score (nSPS) is 14.2. The van der Waals surface area contributed by atoms with Gasteiger partial charge in [-0.15, -0.1) is 0 Å². The summed E-state index contributed by atoms with van der Waals surface area (Å²) in [6.45, 7) is 9.35. The number of rotatable bonds is 66. The summed E-state index contributed by atoms with van der Waals surface area (Å²) in [5, 5.41) is 10.6. The highest BCUT2D eigenvalue weighted by atomic mass is 31.2. The second kappa shape index (κ2) is 59.4. The molecule has 0 spiro atoms. The van der Waals surface area contributed by atoms with Crippen molar-refractivity contribution in [1.29, 1.82) is 0 Å². The van der Waals surface area contributed by atoms with Crippen molar-refractivity contribution in [2.75, 3.05) is 39.6 Å². The maximum atomic E-state index is 13.0. The predicted molar refractivity (Wildman–Crippen MR) is 345 cm³/mol. The molecule has 86 heavy (non-hydrogen) atoms. The molecule has 3 N–H and O–H groups in total. The molecule has 0 aromatic carbocycles. The fourth-order valence-corrected chi connectivity index (χ4v) is 11.6. The first-order valence-corrected chi connectivity index (χ1v) is 38.0. The van der Waals surface area contributed by atoms with Crippen molar-refractivity contribution in [3.8, 4) is 0 Å². The molecular weight excluding hydrogens is 1140 g/mol. The number of ether oxygens (including phenoxy) is 4. The van der Waals surface area contributed by atoms with Gasteiger partial charge in [0.1, 0.15) is 19.3 Å². The molecule has 0 rings (SSSR count). The molecule has 5 atom stereocenters. The Labute approximate surface area is 524 Å². The maximum Gasteiger partial charge on any atom is 0.472 e. The lowest BCUT2D eigenvalue weighted by Gasteiger charge is -2.21. The van der Waals surface area contributed by atoms with Crippen LogP contribution in [0.25, 0.3) is 0 Å². The summed E-state index contributed by atoms with van der Waals surface area (Å²) in [6, 6.07) is 0. The number of aliphatic hydroxyl groups is 1. The second-order valence-corrected chi connectivity index (χ2v) is 28.1. The van der Waals surface area contributed by atoms with Crippen LogP contribution in [0.5, 0.6) is 0 Å². The lowest BCUT2D eigenvalue weighted by atomic mass is 10.0. The van der Waals surface area contributed by atoms with Crippen LogP contribution >= 0.6 is 15.6 Å². The molecule has 2 unspecified atom stereocenters. The van der Waals surface area contributed by atoms with Crippen molar-refractivity contribution >= 4 is 39.5 Å². The van der Waals surface area contributed by atoms with Crippen molar-refractivity contribution in [2.24, 2.45) is 11.8 Å². The first-order chi connectivity index (χ1) is 41.4. The molecule has 17 nitrogen and oxygen atoms in total. The van der Waals surface area contributed by atoms with E-state index in [1.807, 2.05) is 0 Å². The van der Waals surface area contributed by atoms with Crippen LogP contribution in [0, 0.1) is 11.8 Å². The molecule has 0 aromatic rings. The molecule has 0 bridgehead atoms. The van der Waals surface area contributed by atoms with Gasteiger partial charge in [0, 0.05) is 25.7 Å². The van der Waals surface area contributed by atoms with Gasteiger partial charge in [0.25, 0.3) is 0 Å². The number of carbonyl (C=O) groups excluding carboxylic acids is 4. The Morgan fingerprint density at radius 2 is 0.535 bits per heavy atom. The zero-order valence-electron chi connectivity index (χ0n) is 55.6. The zero-order chi connectivity index (χ0) is 63.6. The van der Waals surface area contributed by atoms with Crippen LogP contribution in [-0.4, -0.2) is 96.7 Å². The Balaban J connectivity index is 5.22. The van der Waals surface area contributed by atoms with Gasteiger partial charge < -0.3 is 33.8 Å². The molecule has 510 valence electrons. The van der Waals surface area contributed by atoms with E-state index in [0.717, 1.165) is 96.3 Å². The smallest absolute Gasteiger partial charge is 0.462 e. The van der Waals surface area contributed by atoms with E-state index in [2.05, 4.69) is 41.5 Å². The lowest BCUT2D eigenvalue weighted by Crippen LogP contribution is -2.30. The molecule has 0 saturated heterocycles. The van der Waals surface area contributed by atoms with Gasteiger partial charge in [-0.2, -0.15) is 0 Å². The number of hydrogen-bond donors (Lipinski definition) is 3. The van der Waals surface area contributed by atoms with E-state index in [4.69, 9.17) is 37.0 Å². The average Bonchev–Trinajstić information content (AvgIpc) is 3.69. The molecule has 0 aromatic heterocycles. The first kappa shape index (κ1) is 84.1. The minimum absolute atomic E-state index is 0.101. The van der Waals surface area contributed by atoms with Crippen LogP contribution in [0.2, 0.25) is 0 Å². The Kier molecular flexibility index (Phi) is 58.0. The third kappa shape index (κ3) is 60.9. The molecule has 0 saturated carbocycles. The standard InChI is InChI=1S/C67H130O17P2/c1-7-9-11-13-15-17-19-21-22-24-26-28-30-39-45-51-66(71)83-62(55-77-64(69)49-43-37-29-27-25-23-20-18-16-14-12-10-8-2)57-81-85(73,74)79-53-61(68)54-80-86(75,76)82-58-63(84-67(72)52-46-40-34-32-36-42-48-60(5)6)56-78-65(70)50-44-38-33-31-35-41-47-59(3)4/h59-63,68H,7-58H2,1-6H3,(H,73,74)(H,75,76)/t61-,62-,63-/m1/s1. The topological polar surface area (TPSA) is 237 Å². The zero-order valence-corrected chi connectivity index (χ0v) is 57.4. The number of aliphatic hydroxyl groups excluding tert-OH is 1. The number of carbonyl (C=O) groups is 4. The van der Waals surface area contributed by atoms with E-state index in [1.54, 1.807) is 0 Å². The van der Waals surface area contributed by atoms with Crippen LogP contribution in [0.3, 0.4) is 0 Å². The molecule has 0 radical (unpaired) electrons. The highest BCUT2D eigenvalue weighted by Crippen LogP contribution is 2.45. The van der Waals surface area contributed by atoms with E-state index in [1.165, 1.54) is 148 Å². The number of unbranched alkanes of at least 4 members (excludes halogenated alkanes) is 36. The Morgan fingerprint density at radius 1 is 0.314 bits per heavy atom. The Morgan fingerprint density at radius 3 is 0.791 bits per heavy atom. The summed E-state index contributed by atoms with van der Waals surface area (Å²) in [4.78, 5) is 72.3. The second-order valence-electron chi connectivity index (χ2n) is 25.2. The van der Waals surface area contributed by atoms with Gasteiger partial charge in [0.2, 0.25) is 0 Å². The number of phosphoric acid groups is 2. The number of hydrogen-bond acceptors (Lipinski definition) is 15. The molecule has 0 fully saturated rings. The van der Waals surface area contributed by atoms with Crippen LogP contribution in [0.15, 0.2) is 0 Å². The van der Waals surface area contributed by atoms with Crippen molar-refractivity contribution in [3.05, 3.63) is 0 Å². The van der Waals surface area contributed by atoms with Crippen molar-refractivity contribution < 1.29 is 80.2 Å². The minimum atomic E-state index is -4.95. The average molecular weight is 1270 g/mol. The summed E-state index contributed by atoms with van der Waals surface area (Å²) >= 11 is 0. The van der Waals surface area contributed by atoms with Crippen molar-refractivity contribution in [1.82, 2.24) is 0 Å². The predicted octanol–water partition coefficient (Wildman–Crippen LogP) is 18.8. The van der Waals surface area contributed by atoms with E-state index in [9.17, 15) is 43.2 Å². The number of phosphoric ester groups is 2. The van der Waals surface area contributed by atoms with Crippen LogP contribution < -0.4 is 0 Å². The van der Waals surface area contributed by atoms with Crippen LogP contribution in [-0.2, 0) is 65.4 Å². The van der Waals surface area contributed by atoms with E-state index in [-0.39, 0.29) is 25.7 Å². The molecule has 0 aliphatic heterocycles. The van der Waals surface area contributed by atoms with Gasteiger partial charge in [-0.05, 0) is 37.5 Å². The summed E-state index contributed by atoms with van der Waals surface area (Å²) in [6.07, 6.45) is 43.3. The van der Waals surface area contributed by atoms with Gasteiger partial charge in [0.05, 0.1) is 26.4 Å². The van der Waals surface area contributed by atoms with Gasteiger partial charge in [-0.3, -0.25) is 37.3 Å². The van der Waals surface area contributed by atoms with Gasteiger partial charge in [-0.1, -0.05) is 286 Å². The van der Waals surface area contributed by atoms with Crippen LogP contribution in [0.4, 0.5) is 0 Å². The first-order valence-electron chi connectivity index (χ1n) is 35.0. The third-order valence-electron chi connectivity index (χ3n) is 15.5. The summed E-state index contributed by atoms with van der Waals surface area (Å²) in [5.74, 6) is -0.784. The summed E-state index contributed by atoms with van der Waals surface area (Å²) in [7, 11) is -9.89. The molecule has 0 heterocycles. The number of esters is 4. The van der Waals surface area contributed by atoms with Crippen molar-refractivity contribution in [3.63, 3.8) is 0 Å². The van der Waals surface area contributed by atoms with Crippen LogP contribution in [0.1, 0.15) is 337 Å². The maximum absolute atomic E-state index is 13.0. The van der Waals surface area contributed by atoms with E-state index < -0.39 is 97.5 Å². The highest BCUT2D eigenvalue weighted by Gasteiger charge is 2.30. The lowest BCUT2D eigenvalue weighted by molar-refractivity contribution is -0.161. The molecule has 0 aliphatic carbocycles. The van der Waals surface area contributed by atoms with Gasteiger partial charge in [-0.25, -0.2) is 9.13 Å². The summed E-state index contributed by atoms with van der Waals surface area (Å²) in [5.41, 5.74) is 0. The monoisotopic (exact) mass is 1270 g/mol. The fourth-order valence-electron chi connectivity index (χ4n) is 10.1. The third-order valence-corrected chi connectivity index (χ3v) is 17.4. The fraction of sp³-hybridized carbons (Fsp3) is 0.940. The van der Waals surface area contributed by atoms with E-state index in [0.29, 0.717) is 37.5 Å². The van der Waals surface area contributed by atoms with E-state index >= 15 is 0 Å². The molecule has 0 amide bonds. The van der Waals surface area contributed by atoms with Gasteiger partial charge >= 0.3 is 39.5 Å². The Bertz CT molecular complexity index is 1680. The minimum Gasteiger partial charge on any atom is -0.462 e. The Hall–Kier alpha value is -1.94. The SMILES string of the molecule is CCCCCCCCCCCCCCCCCC(=O)O[C@H](COC(=O)CCCCCCCCCCCCCCC)COP(=O)(O)OC[C@@H](O)COP(=O)(O)OC[C@@H](COC(=O)CCCCCCCCC(C)C)OC(=O)CCCCCCCCC(C)C. The van der Waals surface area contributed by atoms with Crippen molar-refractivity contribution in [2.45, 2.75) is 355 Å². The molecular formula is C67H130O17P2. The molecule has 0 aliphatic rings. The summed E-state index contributed by atoms with van der Waals surface area (Å²) < 4.78 is 68.1. The highest BCUT2D eigenvalue weighted by molar-refractivity contribution is 7.47.